The van der Waals surface area contributed by atoms with Crippen LogP contribution in [0.5, 0.6) is 0 Å². The summed E-state index contributed by atoms with van der Waals surface area (Å²) in [7, 11) is 10.9. The molecule has 7 heavy (non-hydrogen) atoms. The zero-order chi connectivity index (χ0) is 5.70. The van der Waals surface area contributed by atoms with E-state index in [1.807, 2.05) is 0 Å². The monoisotopic (exact) mass is 193 g/mol. The fourth-order valence-corrected chi connectivity index (χ4v) is 2.61. The van der Waals surface area contributed by atoms with Crippen molar-refractivity contribution in [1.29, 1.82) is 0 Å². The summed E-state index contributed by atoms with van der Waals surface area (Å²) in [4.78, 5) is 0. The molecule has 0 aliphatic rings. The van der Waals surface area contributed by atoms with Crippen LogP contribution in [0.1, 0.15) is 0 Å². The van der Waals surface area contributed by atoms with Crippen LogP contribution in [0.15, 0.2) is 0 Å². The first-order valence-electron chi connectivity index (χ1n) is 2.15. The molecule has 3 N–H and O–H groups in total. The average Bonchev–Trinajstić information content (AvgIpc) is 1.61. The Morgan fingerprint density at radius 3 is 2.29 bits per heavy atom. The van der Waals surface area contributed by atoms with E-state index in [1.165, 1.54) is 0 Å². The van der Waals surface area contributed by atoms with Gasteiger partial charge in [0.25, 0.3) is 0 Å². The molecule has 0 heterocycles. The summed E-state index contributed by atoms with van der Waals surface area (Å²) >= 11 is -2.12. The predicted octanol–water partition coefficient (Wildman–Crippen LogP) is 0.375. The van der Waals surface area contributed by atoms with Crippen molar-refractivity contribution in [2.24, 2.45) is 5.73 Å². The van der Waals surface area contributed by atoms with Crippen LogP contribution < -0.4 is 9.79 Å². The average molecular weight is 195 g/mol. The summed E-state index contributed by atoms with van der Waals surface area (Å²) in [6, 6.07) is 0. The van der Waals surface area contributed by atoms with Crippen molar-refractivity contribution in [3.05, 3.63) is 0 Å². The molecule has 5 heteroatoms. The molecule has 0 atom stereocenters. The molecule has 0 fully saturated rings. The van der Waals surface area contributed by atoms with Crippen molar-refractivity contribution < 1.29 is 14.2 Å². The molecule has 0 amide bonds. The molecule has 0 rings (SSSR count). The van der Waals surface area contributed by atoms with Crippen molar-refractivity contribution >= 4 is 19.4 Å². The minimum atomic E-state index is -2.12. The van der Waals surface area contributed by atoms with Crippen LogP contribution in [0.25, 0.3) is 0 Å². The second-order valence-corrected chi connectivity index (χ2v) is 10.7. The molecule has 41 valence electrons. The van der Waals surface area contributed by atoms with E-state index in [2.05, 4.69) is 4.06 Å². The van der Waals surface area contributed by atoms with E-state index in [0.29, 0.717) is 6.54 Å². The molecule has 0 saturated heterocycles. The quantitative estimate of drug-likeness (QED) is 0.639. The molecule has 0 unspecified atom stereocenters. The molecule has 0 aliphatic heterocycles. The zero-order valence-corrected chi connectivity index (χ0v) is 8.43. The van der Waals surface area contributed by atoms with Crippen LogP contribution in [-0.4, -0.2) is 13.1 Å². The van der Waals surface area contributed by atoms with Crippen molar-refractivity contribution in [2.45, 2.75) is 0 Å². The molecular formula is C2H7Cl2N2Zn. The van der Waals surface area contributed by atoms with E-state index >= 15 is 0 Å². The zero-order valence-electron chi connectivity index (χ0n) is 3.95. The Morgan fingerprint density at radius 2 is 2.14 bits per heavy atom. The Balaban J connectivity index is 2.68. The SMILES string of the molecule is NCC[NH][Zn]([Cl])[Cl]. The van der Waals surface area contributed by atoms with Gasteiger partial charge in [0, 0.05) is 0 Å². The van der Waals surface area contributed by atoms with Gasteiger partial charge in [0.1, 0.15) is 0 Å². The third-order valence-electron chi connectivity index (χ3n) is 0.510. The van der Waals surface area contributed by atoms with Gasteiger partial charge < -0.3 is 0 Å². The van der Waals surface area contributed by atoms with Crippen LogP contribution >= 0.6 is 19.4 Å². The number of halogens is 2. The Bertz CT molecular complexity index is 42.7. The van der Waals surface area contributed by atoms with Crippen LogP contribution in [0, 0.1) is 0 Å². The summed E-state index contributed by atoms with van der Waals surface area (Å²) in [5.41, 5.74) is 5.13. The molecule has 0 bridgehead atoms. The van der Waals surface area contributed by atoms with Crippen LogP contribution in [-0.2, 0) is 14.2 Å². The second-order valence-electron chi connectivity index (χ2n) is 1.16. The van der Waals surface area contributed by atoms with Gasteiger partial charge in [-0.1, -0.05) is 0 Å². The van der Waals surface area contributed by atoms with E-state index in [0.717, 1.165) is 6.54 Å². The number of hydrogen-bond acceptors (Lipinski definition) is 2. The number of nitrogens with one attached hydrogen (secondary N) is 1. The third kappa shape index (κ3) is 7.12. The van der Waals surface area contributed by atoms with Gasteiger partial charge in [0.05, 0.1) is 0 Å². The minimum absolute atomic E-state index is 0.617. The summed E-state index contributed by atoms with van der Waals surface area (Å²) in [5, 5.41) is 0. The summed E-state index contributed by atoms with van der Waals surface area (Å²) in [5.74, 6) is 0. The maximum atomic E-state index is 5.46. The molecule has 0 aromatic carbocycles. The van der Waals surface area contributed by atoms with E-state index in [1.54, 1.807) is 0 Å². The van der Waals surface area contributed by atoms with E-state index < -0.39 is 14.2 Å². The Hall–Kier alpha value is 1.12. The first-order chi connectivity index (χ1) is 3.27. The van der Waals surface area contributed by atoms with Crippen LogP contribution in [0.4, 0.5) is 0 Å². The topological polar surface area (TPSA) is 38.0 Å². The van der Waals surface area contributed by atoms with Crippen molar-refractivity contribution in [3.63, 3.8) is 0 Å². The van der Waals surface area contributed by atoms with Crippen molar-refractivity contribution in [2.75, 3.05) is 13.1 Å². The van der Waals surface area contributed by atoms with Gasteiger partial charge in [0.15, 0.2) is 0 Å². The molecule has 0 radical (unpaired) electrons. The van der Waals surface area contributed by atoms with Gasteiger partial charge in [0.2, 0.25) is 0 Å². The molecular weight excluding hydrogens is 188 g/mol. The molecule has 0 aromatic rings. The van der Waals surface area contributed by atoms with Gasteiger partial charge in [-0.2, -0.15) is 0 Å². The van der Waals surface area contributed by atoms with Gasteiger partial charge in [-0.25, -0.2) is 0 Å². The van der Waals surface area contributed by atoms with Gasteiger partial charge in [-0.15, -0.1) is 0 Å². The van der Waals surface area contributed by atoms with Gasteiger partial charge >= 0.3 is 56.5 Å². The predicted molar refractivity (Wildman–Crippen MR) is 28.8 cm³/mol. The molecule has 0 aliphatic carbocycles. The van der Waals surface area contributed by atoms with Gasteiger partial charge in [-0.05, 0) is 0 Å². The third-order valence-corrected chi connectivity index (χ3v) is 4.01. The molecule has 0 saturated carbocycles. The molecule has 0 spiro atoms. The van der Waals surface area contributed by atoms with Crippen LogP contribution in [0.2, 0.25) is 0 Å². The fourth-order valence-electron chi connectivity index (χ4n) is 0.236. The molecule has 2 nitrogen and oxygen atoms in total. The number of rotatable bonds is 3. The van der Waals surface area contributed by atoms with Crippen molar-refractivity contribution in [1.82, 2.24) is 4.06 Å². The summed E-state index contributed by atoms with van der Waals surface area (Å²) < 4.78 is 2.91. The Morgan fingerprint density at radius 1 is 1.57 bits per heavy atom. The number of nitrogens with two attached hydrogens (primary N) is 1. The standard InChI is InChI=1S/C2H7N2.2ClH.Zn/c3-1-2-4;;;/h3H,1-2,4H2;2*1H;/q-1;;;+3/p-2. The first kappa shape index (κ1) is 8.12. The van der Waals surface area contributed by atoms with E-state index in [-0.39, 0.29) is 0 Å². The van der Waals surface area contributed by atoms with E-state index in [4.69, 9.17) is 25.1 Å². The van der Waals surface area contributed by atoms with Crippen molar-refractivity contribution in [3.8, 4) is 0 Å². The normalized spacial score (nSPS) is 9.00. The van der Waals surface area contributed by atoms with Crippen LogP contribution in [0.3, 0.4) is 0 Å². The van der Waals surface area contributed by atoms with Gasteiger partial charge in [-0.3, -0.25) is 0 Å². The second kappa shape index (κ2) is 5.26. The Labute approximate surface area is 56.6 Å². The first-order valence-corrected chi connectivity index (χ1v) is 11.4. The fraction of sp³-hybridized carbons (Fsp3) is 1.00. The number of hydrogen-bond donors (Lipinski definition) is 2. The summed E-state index contributed by atoms with van der Waals surface area (Å²) in [6.07, 6.45) is 0. The van der Waals surface area contributed by atoms with E-state index in [9.17, 15) is 0 Å². The maximum absolute atomic E-state index is 5.46. The summed E-state index contributed by atoms with van der Waals surface area (Å²) in [6.45, 7) is 1.37. The Kier molecular flexibility index (Phi) is 6.11. The molecule has 0 aromatic heterocycles.